The standard InChI is InChI=1S/C20H23NO4S/c1-6-25-15-9-7-14(8-10-15)17-13(4)26-19(18(17)20(23)24-5)21-16(22)11-12(2)3/h7-11H,6H2,1-5H3,(H,21,22). The van der Waals surface area contributed by atoms with E-state index in [4.69, 9.17) is 9.47 Å². The Balaban J connectivity index is 2.50. The second-order valence-corrected chi connectivity index (χ2v) is 7.12. The molecule has 0 fully saturated rings. The molecular weight excluding hydrogens is 350 g/mol. The number of aryl methyl sites for hydroxylation is 1. The molecule has 0 spiro atoms. The van der Waals surface area contributed by atoms with Crippen LogP contribution in [0.1, 0.15) is 36.0 Å². The molecule has 0 atom stereocenters. The van der Waals surface area contributed by atoms with E-state index in [1.807, 2.05) is 52.0 Å². The van der Waals surface area contributed by atoms with Gasteiger partial charge in [0.05, 0.1) is 13.7 Å². The zero-order valence-corrected chi connectivity index (χ0v) is 16.5. The third-order valence-electron chi connectivity index (χ3n) is 3.58. The number of ether oxygens (including phenoxy) is 2. The zero-order valence-electron chi connectivity index (χ0n) is 15.6. The van der Waals surface area contributed by atoms with Gasteiger partial charge in [0.15, 0.2) is 0 Å². The summed E-state index contributed by atoms with van der Waals surface area (Å²) in [6.07, 6.45) is 1.49. The van der Waals surface area contributed by atoms with Gasteiger partial charge in [0.1, 0.15) is 16.3 Å². The molecule has 1 heterocycles. The summed E-state index contributed by atoms with van der Waals surface area (Å²) in [5.41, 5.74) is 2.87. The van der Waals surface area contributed by atoms with E-state index in [0.29, 0.717) is 17.2 Å². The lowest BCUT2D eigenvalue weighted by atomic mass is 10.0. The molecular formula is C20H23NO4S. The van der Waals surface area contributed by atoms with Gasteiger partial charge in [0.2, 0.25) is 5.91 Å². The van der Waals surface area contributed by atoms with Crippen LogP contribution in [-0.2, 0) is 9.53 Å². The van der Waals surface area contributed by atoms with E-state index >= 15 is 0 Å². The monoisotopic (exact) mass is 373 g/mol. The Morgan fingerprint density at radius 2 is 1.85 bits per heavy atom. The van der Waals surface area contributed by atoms with E-state index in [-0.39, 0.29) is 5.91 Å². The van der Waals surface area contributed by atoms with Gasteiger partial charge in [-0.05, 0) is 45.4 Å². The molecule has 0 bridgehead atoms. The number of benzene rings is 1. The number of hydrogen-bond acceptors (Lipinski definition) is 5. The lowest BCUT2D eigenvalue weighted by Crippen LogP contribution is -2.12. The van der Waals surface area contributed by atoms with Crippen LogP contribution in [0, 0.1) is 6.92 Å². The largest absolute Gasteiger partial charge is 0.494 e. The first-order valence-electron chi connectivity index (χ1n) is 8.28. The molecule has 0 saturated carbocycles. The van der Waals surface area contributed by atoms with Crippen LogP contribution in [-0.4, -0.2) is 25.6 Å². The molecule has 2 aromatic rings. The summed E-state index contributed by atoms with van der Waals surface area (Å²) in [7, 11) is 1.33. The second-order valence-electron chi connectivity index (χ2n) is 5.90. The Kier molecular flexibility index (Phi) is 6.58. The summed E-state index contributed by atoms with van der Waals surface area (Å²) >= 11 is 1.36. The van der Waals surface area contributed by atoms with Crippen molar-refractivity contribution in [2.24, 2.45) is 0 Å². The van der Waals surface area contributed by atoms with E-state index in [1.165, 1.54) is 24.5 Å². The minimum Gasteiger partial charge on any atom is -0.494 e. The fourth-order valence-corrected chi connectivity index (χ4v) is 3.64. The first-order chi connectivity index (χ1) is 12.4. The molecule has 0 radical (unpaired) electrons. The summed E-state index contributed by atoms with van der Waals surface area (Å²) in [6, 6.07) is 7.51. The molecule has 0 unspecified atom stereocenters. The summed E-state index contributed by atoms with van der Waals surface area (Å²) in [5.74, 6) is 0.0150. The third kappa shape index (κ3) is 4.52. The minimum absolute atomic E-state index is 0.269. The van der Waals surface area contributed by atoms with E-state index < -0.39 is 5.97 Å². The molecule has 1 amide bonds. The van der Waals surface area contributed by atoms with Crippen LogP contribution >= 0.6 is 11.3 Å². The van der Waals surface area contributed by atoms with Gasteiger partial charge in [-0.25, -0.2) is 4.79 Å². The van der Waals surface area contributed by atoms with E-state index in [9.17, 15) is 9.59 Å². The van der Waals surface area contributed by atoms with Gasteiger partial charge in [-0.1, -0.05) is 17.7 Å². The Labute approximate surface area is 157 Å². The van der Waals surface area contributed by atoms with Gasteiger partial charge >= 0.3 is 5.97 Å². The number of esters is 1. The number of carbonyl (C=O) groups is 2. The quantitative estimate of drug-likeness (QED) is 0.583. The maximum Gasteiger partial charge on any atom is 0.341 e. The molecule has 0 aliphatic rings. The van der Waals surface area contributed by atoms with Gasteiger partial charge in [-0.2, -0.15) is 0 Å². The SMILES string of the molecule is CCOc1ccc(-c2c(C)sc(NC(=O)C=C(C)C)c2C(=O)OC)cc1. The van der Waals surface area contributed by atoms with Crippen LogP contribution in [0.25, 0.3) is 11.1 Å². The second kappa shape index (κ2) is 8.67. The Morgan fingerprint density at radius 3 is 2.38 bits per heavy atom. The van der Waals surface area contributed by atoms with Gasteiger partial charge < -0.3 is 14.8 Å². The number of rotatable bonds is 6. The molecule has 1 aromatic heterocycles. The van der Waals surface area contributed by atoms with Gasteiger partial charge in [0, 0.05) is 16.5 Å². The molecule has 2 rings (SSSR count). The molecule has 0 aliphatic heterocycles. The molecule has 0 aliphatic carbocycles. The highest BCUT2D eigenvalue weighted by Gasteiger charge is 2.24. The summed E-state index contributed by atoms with van der Waals surface area (Å²) < 4.78 is 10.4. The Hall–Kier alpha value is -2.60. The average Bonchev–Trinajstić information content (AvgIpc) is 2.90. The highest BCUT2D eigenvalue weighted by Crippen LogP contribution is 2.40. The van der Waals surface area contributed by atoms with E-state index in [2.05, 4.69) is 5.32 Å². The van der Waals surface area contributed by atoms with Crippen molar-refractivity contribution in [3.8, 4) is 16.9 Å². The number of carbonyl (C=O) groups excluding carboxylic acids is 2. The van der Waals surface area contributed by atoms with Crippen molar-refractivity contribution >= 4 is 28.2 Å². The van der Waals surface area contributed by atoms with Gasteiger partial charge in [-0.15, -0.1) is 11.3 Å². The van der Waals surface area contributed by atoms with Crippen molar-refractivity contribution in [2.75, 3.05) is 19.0 Å². The maximum atomic E-state index is 12.4. The average molecular weight is 373 g/mol. The number of amides is 1. The molecule has 138 valence electrons. The number of nitrogens with one attached hydrogen (secondary N) is 1. The van der Waals surface area contributed by atoms with Crippen molar-refractivity contribution in [1.29, 1.82) is 0 Å². The summed E-state index contributed by atoms with van der Waals surface area (Å²) in [5, 5.41) is 3.28. The fraction of sp³-hybridized carbons (Fsp3) is 0.300. The molecule has 5 nitrogen and oxygen atoms in total. The van der Waals surface area contributed by atoms with Gasteiger partial charge in [0.25, 0.3) is 0 Å². The summed E-state index contributed by atoms with van der Waals surface area (Å²) in [4.78, 5) is 25.4. The summed E-state index contributed by atoms with van der Waals surface area (Å²) in [6.45, 7) is 8.11. The van der Waals surface area contributed by atoms with Crippen LogP contribution in [0.5, 0.6) is 5.75 Å². The number of methoxy groups -OCH3 is 1. The highest BCUT2D eigenvalue weighted by atomic mass is 32.1. The molecule has 26 heavy (non-hydrogen) atoms. The zero-order chi connectivity index (χ0) is 19.3. The fourth-order valence-electron chi connectivity index (χ4n) is 2.57. The lowest BCUT2D eigenvalue weighted by molar-refractivity contribution is -0.111. The first kappa shape index (κ1) is 19.7. The predicted octanol–water partition coefficient (Wildman–Crippen LogP) is 4.81. The maximum absolute atomic E-state index is 12.4. The predicted molar refractivity (Wildman–Crippen MR) is 105 cm³/mol. The van der Waals surface area contributed by atoms with E-state index in [1.54, 1.807) is 0 Å². The number of allylic oxidation sites excluding steroid dienone is 1. The number of thiophene rings is 1. The third-order valence-corrected chi connectivity index (χ3v) is 4.60. The van der Waals surface area contributed by atoms with Crippen LogP contribution in [0.15, 0.2) is 35.9 Å². The first-order valence-corrected chi connectivity index (χ1v) is 9.09. The Morgan fingerprint density at radius 1 is 1.19 bits per heavy atom. The smallest absolute Gasteiger partial charge is 0.341 e. The van der Waals surface area contributed by atoms with Gasteiger partial charge in [-0.3, -0.25) is 4.79 Å². The Bertz CT molecular complexity index is 830. The number of anilines is 1. The van der Waals surface area contributed by atoms with E-state index in [0.717, 1.165) is 27.3 Å². The number of hydrogen-bond donors (Lipinski definition) is 1. The van der Waals surface area contributed by atoms with Crippen LogP contribution < -0.4 is 10.1 Å². The molecule has 6 heteroatoms. The normalized spacial score (nSPS) is 10.2. The van der Waals surface area contributed by atoms with Crippen molar-refractivity contribution in [3.05, 3.63) is 46.4 Å². The van der Waals surface area contributed by atoms with Crippen molar-refractivity contribution in [1.82, 2.24) is 0 Å². The molecule has 1 aromatic carbocycles. The van der Waals surface area contributed by atoms with Crippen molar-refractivity contribution < 1.29 is 19.1 Å². The topological polar surface area (TPSA) is 64.6 Å². The lowest BCUT2D eigenvalue weighted by Gasteiger charge is -2.08. The van der Waals surface area contributed by atoms with Crippen molar-refractivity contribution in [2.45, 2.75) is 27.7 Å². The minimum atomic E-state index is -0.481. The van der Waals surface area contributed by atoms with Crippen molar-refractivity contribution in [3.63, 3.8) is 0 Å². The van der Waals surface area contributed by atoms with Crippen LogP contribution in [0.3, 0.4) is 0 Å². The van der Waals surface area contributed by atoms with Crippen LogP contribution in [0.2, 0.25) is 0 Å². The molecule has 1 N–H and O–H groups in total. The van der Waals surface area contributed by atoms with Crippen LogP contribution in [0.4, 0.5) is 5.00 Å². The molecule has 0 saturated heterocycles. The highest BCUT2D eigenvalue weighted by molar-refractivity contribution is 7.17.